The van der Waals surface area contributed by atoms with E-state index < -0.39 is 32.3 Å². The van der Waals surface area contributed by atoms with Crippen molar-refractivity contribution in [2.75, 3.05) is 0 Å². The van der Waals surface area contributed by atoms with E-state index in [1.54, 1.807) is 19.9 Å². The number of alkyl halides is 3. The topological polar surface area (TPSA) is 64.0 Å². The molecular weight excluding hydrogens is 379 g/mol. The Balaban J connectivity index is 2.01. The van der Waals surface area contributed by atoms with Crippen LogP contribution in [0.4, 0.5) is 13.2 Å². The van der Waals surface area contributed by atoms with Gasteiger partial charge in [-0.1, -0.05) is 36.4 Å². The van der Waals surface area contributed by atoms with E-state index in [0.717, 1.165) is 17.8 Å². The van der Waals surface area contributed by atoms with Crippen molar-refractivity contribution in [1.82, 2.24) is 14.5 Å². The van der Waals surface area contributed by atoms with Gasteiger partial charge in [0.05, 0.1) is 11.7 Å². The fourth-order valence-electron chi connectivity index (χ4n) is 2.97. The fourth-order valence-corrected chi connectivity index (χ4v) is 4.55. The van der Waals surface area contributed by atoms with Crippen LogP contribution in [0.5, 0.6) is 0 Å². The van der Waals surface area contributed by atoms with Crippen molar-refractivity contribution in [3.05, 3.63) is 59.9 Å². The molecule has 0 aliphatic carbocycles. The van der Waals surface area contributed by atoms with Crippen LogP contribution in [0.1, 0.15) is 25.1 Å². The van der Waals surface area contributed by atoms with Crippen molar-refractivity contribution in [3.63, 3.8) is 0 Å². The summed E-state index contributed by atoms with van der Waals surface area (Å²) in [6.07, 6.45) is -4.13. The van der Waals surface area contributed by atoms with Gasteiger partial charge in [-0.2, -0.15) is 18.3 Å². The Morgan fingerprint density at radius 1 is 1.04 bits per heavy atom. The Morgan fingerprint density at radius 3 is 2.30 bits per heavy atom. The van der Waals surface area contributed by atoms with Crippen LogP contribution >= 0.6 is 0 Å². The van der Waals surface area contributed by atoms with Gasteiger partial charge in [-0.3, -0.25) is 4.68 Å². The maximum absolute atomic E-state index is 13.3. The smallest absolute Gasteiger partial charge is 0.262 e. The van der Waals surface area contributed by atoms with Gasteiger partial charge in [-0.05, 0) is 36.2 Å². The monoisotopic (exact) mass is 397 g/mol. The third-order valence-corrected chi connectivity index (χ3v) is 5.98. The van der Waals surface area contributed by atoms with E-state index in [2.05, 4.69) is 9.82 Å². The molecule has 2 aromatic carbocycles. The van der Waals surface area contributed by atoms with Crippen LogP contribution in [0, 0.1) is 0 Å². The van der Waals surface area contributed by atoms with E-state index >= 15 is 0 Å². The predicted octanol–water partition coefficient (Wildman–Crippen LogP) is 3.81. The minimum absolute atomic E-state index is 0.511. The van der Waals surface area contributed by atoms with Crippen molar-refractivity contribution in [2.24, 2.45) is 7.05 Å². The molecule has 1 N–H and O–H groups in total. The zero-order valence-electron chi connectivity index (χ0n) is 14.9. The normalized spacial score (nSPS) is 13.3. The summed E-state index contributed by atoms with van der Waals surface area (Å²) in [4.78, 5) is -0.897. The number of hydrogen-bond donors (Lipinski definition) is 1. The molecular formula is C18H18F3N3O2S. The van der Waals surface area contributed by atoms with Gasteiger partial charge in [-0.15, -0.1) is 0 Å². The van der Waals surface area contributed by atoms with E-state index in [4.69, 9.17) is 0 Å². The molecule has 9 heteroatoms. The summed E-state index contributed by atoms with van der Waals surface area (Å²) < 4.78 is 68.0. The van der Waals surface area contributed by atoms with Crippen molar-refractivity contribution >= 4 is 20.8 Å². The average Bonchev–Trinajstić information content (AvgIpc) is 2.96. The first kappa shape index (κ1) is 19.4. The molecule has 0 amide bonds. The lowest BCUT2D eigenvalue weighted by Gasteiger charge is -2.27. The second-order valence-electron chi connectivity index (χ2n) is 6.77. The number of rotatable bonds is 4. The maximum atomic E-state index is 13.3. The molecule has 0 unspecified atom stereocenters. The molecule has 0 spiro atoms. The summed E-state index contributed by atoms with van der Waals surface area (Å²) >= 11 is 0. The van der Waals surface area contributed by atoms with Gasteiger partial charge in [0.25, 0.3) is 0 Å². The van der Waals surface area contributed by atoms with E-state index in [-0.39, 0.29) is 0 Å². The molecule has 3 rings (SSSR count). The largest absolute Gasteiger partial charge is 0.434 e. The number of aromatic nitrogens is 2. The Kier molecular flexibility index (Phi) is 4.55. The summed E-state index contributed by atoms with van der Waals surface area (Å²) in [5.41, 5.74) is -1.83. The van der Waals surface area contributed by atoms with Crippen LogP contribution in [-0.2, 0) is 28.8 Å². The molecule has 0 radical (unpaired) electrons. The fraction of sp³-hybridized carbons (Fsp3) is 0.278. The summed E-state index contributed by atoms with van der Waals surface area (Å²) in [5.74, 6) is 0. The number of nitrogens with one attached hydrogen (secondary N) is 1. The predicted molar refractivity (Wildman–Crippen MR) is 95.5 cm³/mol. The summed E-state index contributed by atoms with van der Waals surface area (Å²) in [6, 6.07) is 12.9. The number of sulfonamides is 1. The van der Waals surface area contributed by atoms with Crippen LogP contribution in [0.3, 0.4) is 0 Å². The zero-order valence-corrected chi connectivity index (χ0v) is 15.7. The third-order valence-electron chi connectivity index (χ3n) is 4.32. The number of halogens is 3. The molecule has 0 aliphatic rings. The summed E-state index contributed by atoms with van der Waals surface area (Å²) in [5, 5.41) is 5.35. The lowest BCUT2D eigenvalue weighted by molar-refractivity contribution is -0.146. The molecule has 144 valence electrons. The first-order chi connectivity index (χ1) is 12.4. The molecule has 5 nitrogen and oxygen atoms in total. The highest BCUT2D eigenvalue weighted by molar-refractivity contribution is 7.89. The quantitative estimate of drug-likeness (QED) is 0.728. The van der Waals surface area contributed by atoms with E-state index in [1.165, 1.54) is 0 Å². The van der Waals surface area contributed by atoms with Gasteiger partial charge < -0.3 is 0 Å². The second kappa shape index (κ2) is 6.35. The van der Waals surface area contributed by atoms with Gasteiger partial charge in [0.15, 0.2) is 5.69 Å². The number of aryl methyl sites for hydroxylation is 1. The van der Waals surface area contributed by atoms with Gasteiger partial charge in [0.2, 0.25) is 10.0 Å². The van der Waals surface area contributed by atoms with Crippen molar-refractivity contribution in [2.45, 2.75) is 30.5 Å². The lowest BCUT2D eigenvalue weighted by Crippen LogP contribution is -2.41. The summed E-state index contributed by atoms with van der Waals surface area (Å²) in [7, 11) is -3.41. The highest BCUT2D eigenvalue weighted by Crippen LogP contribution is 2.35. The van der Waals surface area contributed by atoms with E-state index in [1.807, 2.05) is 36.4 Å². The third kappa shape index (κ3) is 3.70. The Labute approximate surface area is 154 Å². The van der Waals surface area contributed by atoms with Crippen molar-refractivity contribution in [3.8, 4) is 0 Å². The Bertz CT molecular complexity index is 1100. The molecule has 0 saturated heterocycles. The van der Waals surface area contributed by atoms with E-state index in [9.17, 15) is 21.6 Å². The minimum atomic E-state index is -4.84. The van der Waals surface area contributed by atoms with Gasteiger partial charge >= 0.3 is 6.18 Å². The number of nitrogens with zero attached hydrogens (tertiary/aromatic N) is 2. The molecule has 0 atom stereocenters. The number of hydrogen-bond acceptors (Lipinski definition) is 3. The average molecular weight is 397 g/mol. The van der Waals surface area contributed by atoms with Crippen LogP contribution in [0.15, 0.2) is 53.6 Å². The molecule has 27 heavy (non-hydrogen) atoms. The van der Waals surface area contributed by atoms with Crippen molar-refractivity contribution < 1.29 is 21.6 Å². The highest BCUT2D eigenvalue weighted by Gasteiger charge is 2.42. The van der Waals surface area contributed by atoms with Gasteiger partial charge in [0, 0.05) is 7.05 Å². The molecule has 0 saturated carbocycles. The van der Waals surface area contributed by atoms with Crippen LogP contribution in [0.25, 0.3) is 10.8 Å². The second-order valence-corrected chi connectivity index (χ2v) is 8.42. The van der Waals surface area contributed by atoms with Crippen LogP contribution in [0.2, 0.25) is 0 Å². The number of benzene rings is 2. The zero-order chi connectivity index (χ0) is 20.0. The molecule has 1 heterocycles. The van der Waals surface area contributed by atoms with Gasteiger partial charge in [-0.25, -0.2) is 13.1 Å². The molecule has 0 bridgehead atoms. The summed E-state index contributed by atoms with van der Waals surface area (Å²) in [6.45, 7) is 3.19. The Hall–Kier alpha value is -2.39. The molecule has 0 aliphatic heterocycles. The van der Waals surface area contributed by atoms with Crippen LogP contribution in [-0.4, -0.2) is 18.2 Å². The SMILES string of the molecule is Cn1ncc(S(=O)(=O)NC(C)(C)c2ccc3ccccc3c2)c1C(F)(F)F. The highest BCUT2D eigenvalue weighted by atomic mass is 32.2. The minimum Gasteiger partial charge on any atom is -0.262 e. The maximum Gasteiger partial charge on any atom is 0.434 e. The molecule has 3 aromatic rings. The van der Waals surface area contributed by atoms with Crippen LogP contribution < -0.4 is 4.72 Å². The van der Waals surface area contributed by atoms with Gasteiger partial charge in [0.1, 0.15) is 4.90 Å². The Morgan fingerprint density at radius 2 is 1.67 bits per heavy atom. The number of fused-ring (bicyclic) bond motifs is 1. The van der Waals surface area contributed by atoms with E-state index in [0.29, 0.717) is 16.4 Å². The van der Waals surface area contributed by atoms with Crippen molar-refractivity contribution in [1.29, 1.82) is 0 Å². The molecule has 0 fully saturated rings. The lowest BCUT2D eigenvalue weighted by atomic mass is 9.93. The standard InChI is InChI=1S/C18H18F3N3O2S/c1-17(2,14-9-8-12-6-4-5-7-13(12)10-14)23-27(25,26)15-11-22-24(3)16(15)18(19,20)21/h4-11,23H,1-3H3. The first-order valence-corrected chi connectivity index (χ1v) is 9.52. The first-order valence-electron chi connectivity index (χ1n) is 8.04. The molecule has 1 aromatic heterocycles.